The van der Waals surface area contributed by atoms with Gasteiger partial charge in [-0.2, -0.15) is 13.2 Å². The number of aromatic nitrogens is 1. The van der Waals surface area contributed by atoms with Crippen LogP contribution in [0.5, 0.6) is 0 Å². The summed E-state index contributed by atoms with van der Waals surface area (Å²) in [4.78, 5) is 15.0. The van der Waals surface area contributed by atoms with Crippen molar-refractivity contribution in [3.8, 4) is 0 Å². The molecular weight excluding hydrogens is 281 g/mol. The largest absolute Gasteiger partial charge is 0.417 e. The van der Waals surface area contributed by atoms with Gasteiger partial charge >= 0.3 is 6.18 Å². The monoisotopic (exact) mass is 294 g/mol. The van der Waals surface area contributed by atoms with E-state index in [1.165, 1.54) is 6.07 Å². The van der Waals surface area contributed by atoms with Gasteiger partial charge in [0.25, 0.3) is 0 Å². The standard InChI is InChI=1S/C11H13F3N2O2S/c1-7(5-17)16-9(18)6-19-10-3-2-8(4-15-10)11(12,13)14/h2-4,7,17H,5-6H2,1H3,(H,16,18)/t7-/m1/s1. The van der Waals surface area contributed by atoms with Crippen molar-refractivity contribution in [2.24, 2.45) is 0 Å². The first-order valence-corrected chi connectivity index (χ1v) is 6.37. The predicted octanol–water partition coefficient (Wildman–Crippen LogP) is 1.69. The molecule has 1 amide bonds. The fraction of sp³-hybridized carbons (Fsp3) is 0.455. The van der Waals surface area contributed by atoms with Crippen molar-refractivity contribution in [3.63, 3.8) is 0 Å². The third kappa shape index (κ3) is 5.48. The molecule has 4 nitrogen and oxygen atoms in total. The normalized spacial score (nSPS) is 13.1. The van der Waals surface area contributed by atoms with Gasteiger partial charge in [-0.25, -0.2) is 4.98 Å². The van der Waals surface area contributed by atoms with Crippen molar-refractivity contribution >= 4 is 17.7 Å². The second-order valence-electron chi connectivity index (χ2n) is 3.82. The lowest BCUT2D eigenvalue weighted by atomic mass is 10.3. The molecule has 1 heterocycles. The maximum Gasteiger partial charge on any atom is 0.417 e. The van der Waals surface area contributed by atoms with Crippen LogP contribution in [0.1, 0.15) is 12.5 Å². The zero-order valence-corrected chi connectivity index (χ0v) is 10.9. The summed E-state index contributed by atoms with van der Waals surface area (Å²) in [5.41, 5.74) is -0.824. The summed E-state index contributed by atoms with van der Waals surface area (Å²) in [5.74, 6) is -0.281. The summed E-state index contributed by atoms with van der Waals surface area (Å²) in [7, 11) is 0. The molecule has 0 saturated heterocycles. The number of pyridine rings is 1. The van der Waals surface area contributed by atoms with Gasteiger partial charge in [-0.05, 0) is 19.1 Å². The van der Waals surface area contributed by atoms with Crippen LogP contribution in [0.3, 0.4) is 0 Å². The Balaban J connectivity index is 2.48. The Labute approximate surface area is 112 Å². The number of aliphatic hydroxyl groups excluding tert-OH is 1. The molecule has 0 aliphatic carbocycles. The molecule has 19 heavy (non-hydrogen) atoms. The number of halogens is 3. The van der Waals surface area contributed by atoms with Gasteiger partial charge in [0.2, 0.25) is 5.91 Å². The Morgan fingerprint density at radius 2 is 2.21 bits per heavy atom. The second-order valence-corrected chi connectivity index (χ2v) is 4.82. The highest BCUT2D eigenvalue weighted by molar-refractivity contribution is 7.99. The number of alkyl halides is 3. The molecule has 0 aliphatic rings. The zero-order chi connectivity index (χ0) is 14.5. The molecule has 1 atom stereocenters. The van der Waals surface area contributed by atoms with Crippen molar-refractivity contribution in [1.29, 1.82) is 0 Å². The Morgan fingerprint density at radius 1 is 1.53 bits per heavy atom. The molecule has 0 aliphatic heterocycles. The van der Waals surface area contributed by atoms with E-state index in [1.54, 1.807) is 6.92 Å². The average Bonchev–Trinajstić information content (AvgIpc) is 2.35. The van der Waals surface area contributed by atoms with Gasteiger partial charge in [-0.3, -0.25) is 4.79 Å². The molecule has 1 aromatic heterocycles. The highest BCUT2D eigenvalue weighted by Gasteiger charge is 2.30. The Kier molecular flexibility index (Phi) is 5.61. The number of carbonyl (C=O) groups excluding carboxylic acids is 1. The molecule has 106 valence electrons. The second kappa shape index (κ2) is 6.76. The van der Waals surface area contributed by atoms with E-state index in [-0.39, 0.29) is 24.3 Å². The average molecular weight is 294 g/mol. The number of thioether (sulfide) groups is 1. The van der Waals surface area contributed by atoms with Gasteiger partial charge in [-0.1, -0.05) is 11.8 Å². The van der Waals surface area contributed by atoms with Crippen LogP contribution in [-0.4, -0.2) is 34.4 Å². The van der Waals surface area contributed by atoms with E-state index in [2.05, 4.69) is 10.3 Å². The maximum absolute atomic E-state index is 12.3. The van der Waals surface area contributed by atoms with Crippen LogP contribution in [0.15, 0.2) is 23.4 Å². The number of carbonyl (C=O) groups is 1. The van der Waals surface area contributed by atoms with Crippen LogP contribution in [0.25, 0.3) is 0 Å². The molecule has 0 fully saturated rings. The number of nitrogens with one attached hydrogen (secondary N) is 1. The van der Waals surface area contributed by atoms with Crippen LogP contribution in [0, 0.1) is 0 Å². The first kappa shape index (κ1) is 15.8. The minimum Gasteiger partial charge on any atom is -0.394 e. The van der Waals surface area contributed by atoms with E-state index in [4.69, 9.17) is 5.11 Å². The first-order chi connectivity index (χ1) is 8.82. The summed E-state index contributed by atoms with van der Waals surface area (Å²) in [6.45, 7) is 1.47. The number of aliphatic hydroxyl groups is 1. The molecule has 0 aromatic carbocycles. The molecule has 0 bridgehead atoms. The lowest BCUT2D eigenvalue weighted by Crippen LogP contribution is -2.36. The lowest BCUT2D eigenvalue weighted by molar-refractivity contribution is -0.137. The molecule has 0 saturated carbocycles. The highest BCUT2D eigenvalue weighted by Crippen LogP contribution is 2.29. The van der Waals surface area contributed by atoms with Gasteiger partial charge in [0.05, 0.1) is 22.9 Å². The molecule has 2 N–H and O–H groups in total. The van der Waals surface area contributed by atoms with Crippen molar-refractivity contribution in [1.82, 2.24) is 10.3 Å². The number of rotatable bonds is 5. The van der Waals surface area contributed by atoms with Crippen LogP contribution in [-0.2, 0) is 11.0 Å². The summed E-state index contributed by atoms with van der Waals surface area (Å²) in [6, 6.07) is 1.79. The van der Waals surface area contributed by atoms with Crippen LogP contribution in [0.2, 0.25) is 0 Å². The topological polar surface area (TPSA) is 62.2 Å². The molecule has 1 rings (SSSR count). The van der Waals surface area contributed by atoms with Crippen LogP contribution < -0.4 is 5.32 Å². The van der Waals surface area contributed by atoms with Crippen molar-refractivity contribution in [3.05, 3.63) is 23.9 Å². The van der Waals surface area contributed by atoms with E-state index in [1.807, 2.05) is 0 Å². The zero-order valence-electron chi connectivity index (χ0n) is 10.1. The van der Waals surface area contributed by atoms with Gasteiger partial charge < -0.3 is 10.4 Å². The molecule has 1 aromatic rings. The third-order valence-corrected chi connectivity index (χ3v) is 3.04. The number of hydrogen-bond acceptors (Lipinski definition) is 4. The van der Waals surface area contributed by atoms with Gasteiger partial charge in [0, 0.05) is 12.2 Å². The summed E-state index contributed by atoms with van der Waals surface area (Å²) in [6.07, 6.45) is -3.68. The van der Waals surface area contributed by atoms with E-state index in [0.29, 0.717) is 5.03 Å². The summed E-state index contributed by atoms with van der Waals surface area (Å²) < 4.78 is 36.8. The molecular formula is C11H13F3N2O2S. The number of amides is 1. The number of hydrogen-bond donors (Lipinski definition) is 2. The molecule has 0 spiro atoms. The van der Waals surface area contributed by atoms with Crippen molar-refractivity contribution in [2.75, 3.05) is 12.4 Å². The lowest BCUT2D eigenvalue weighted by Gasteiger charge is -2.10. The van der Waals surface area contributed by atoms with E-state index >= 15 is 0 Å². The Bertz CT molecular complexity index is 423. The number of nitrogens with zero attached hydrogens (tertiary/aromatic N) is 1. The summed E-state index contributed by atoms with van der Waals surface area (Å²) in [5, 5.41) is 11.6. The maximum atomic E-state index is 12.3. The van der Waals surface area contributed by atoms with E-state index in [9.17, 15) is 18.0 Å². The van der Waals surface area contributed by atoms with Crippen LogP contribution in [0.4, 0.5) is 13.2 Å². The molecule has 8 heteroatoms. The first-order valence-electron chi connectivity index (χ1n) is 5.39. The molecule has 0 radical (unpaired) electrons. The van der Waals surface area contributed by atoms with Crippen molar-refractivity contribution < 1.29 is 23.1 Å². The minimum atomic E-state index is -4.41. The quantitative estimate of drug-likeness (QED) is 0.811. The van der Waals surface area contributed by atoms with Crippen molar-refractivity contribution in [2.45, 2.75) is 24.2 Å². The minimum absolute atomic E-state index is 0.0305. The van der Waals surface area contributed by atoms with Crippen LogP contribution >= 0.6 is 11.8 Å². The SMILES string of the molecule is C[C@H](CO)NC(=O)CSc1ccc(C(F)(F)F)cn1. The smallest absolute Gasteiger partial charge is 0.394 e. The predicted molar refractivity (Wildman–Crippen MR) is 64.7 cm³/mol. The fourth-order valence-corrected chi connectivity index (χ4v) is 1.79. The van der Waals surface area contributed by atoms with Gasteiger partial charge in [0.1, 0.15) is 0 Å². The van der Waals surface area contributed by atoms with E-state index < -0.39 is 11.7 Å². The Morgan fingerprint density at radius 3 is 2.68 bits per heavy atom. The van der Waals surface area contributed by atoms with Gasteiger partial charge in [0.15, 0.2) is 0 Å². The Hall–Kier alpha value is -1.28. The summed E-state index contributed by atoms with van der Waals surface area (Å²) >= 11 is 1.03. The third-order valence-electron chi connectivity index (χ3n) is 2.10. The highest BCUT2D eigenvalue weighted by atomic mass is 32.2. The van der Waals surface area contributed by atoms with E-state index in [0.717, 1.165) is 24.0 Å². The van der Waals surface area contributed by atoms with Gasteiger partial charge in [-0.15, -0.1) is 0 Å². The fourth-order valence-electron chi connectivity index (χ4n) is 1.13. The molecule has 0 unspecified atom stereocenters.